The van der Waals surface area contributed by atoms with Crippen LogP contribution in [0, 0.1) is 16.2 Å². The Labute approximate surface area is 121 Å². The first kappa shape index (κ1) is 12.4. The van der Waals surface area contributed by atoms with E-state index in [1.807, 2.05) is 20.8 Å². The third-order valence-electron chi connectivity index (χ3n) is 7.72. The summed E-state index contributed by atoms with van der Waals surface area (Å²) in [6, 6.07) is 0. The third-order valence-corrected chi connectivity index (χ3v) is 7.72. The van der Waals surface area contributed by atoms with E-state index < -0.39 is 39.7 Å². The molecule has 5 fully saturated rings. The monoisotopic (exact) mass is 294 g/mol. The maximum Gasteiger partial charge on any atom is 0.315 e. The number of carbonyl (C=O) groups excluding carboxylic acids is 2. The van der Waals surface area contributed by atoms with Gasteiger partial charge in [0.05, 0.1) is 29.5 Å². The molecular weight excluding hydrogens is 276 g/mol. The van der Waals surface area contributed by atoms with E-state index in [1.165, 1.54) is 0 Å². The molecule has 0 aromatic heterocycles. The number of ether oxygens (including phenoxy) is 3. The number of hydrogen-bond acceptors (Lipinski definition) is 6. The molecule has 0 aromatic carbocycles. The highest BCUT2D eigenvalue weighted by Crippen LogP contribution is 2.86. The molecule has 21 heavy (non-hydrogen) atoms. The molecule has 6 heteroatoms. The SMILES string of the molecule is C[C@@]12COC(=O)[C@]1(C)[C@@H]1O[C@]3(C)[C@@H](O)C[C@]24OC(=O)C[C@]143. The molecule has 2 saturated carbocycles. The van der Waals surface area contributed by atoms with Crippen molar-refractivity contribution in [3.05, 3.63) is 0 Å². The third kappa shape index (κ3) is 0.744. The molecule has 2 aliphatic carbocycles. The lowest BCUT2D eigenvalue weighted by atomic mass is 9.60. The zero-order valence-electron chi connectivity index (χ0n) is 12.3. The van der Waals surface area contributed by atoms with Gasteiger partial charge in [-0.05, 0) is 13.8 Å². The Hall–Kier alpha value is -1.14. The second-order valence-corrected chi connectivity index (χ2v) is 7.88. The van der Waals surface area contributed by atoms with Crippen LogP contribution >= 0.6 is 0 Å². The van der Waals surface area contributed by atoms with Crippen LogP contribution in [0.5, 0.6) is 0 Å². The molecule has 0 unspecified atom stereocenters. The standard InChI is InChI=1S/C15H18O6/c1-11-6-19-10(18)12(11,2)9-14-5-8(17)20-15(11,14)4-7(16)13(14,3)21-9/h7,9,16H,4-6H2,1-3H3/t7-,9-,11+,12-,13+,14+,15-/m0/s1. The van der Waals surface area contributed by atoms with Gasteiger partial charge in [-0.2, -0.15) is 0 Å². The summed E-state index contributed by atoms with van der Waals surface area (Å²) in [5.41, 5.74) is -3.79. The van der Waals surface area contributed by atoms with Crippen molar-refractivity contribution < 1.29 is 28.9 Å². The van der Waals surface area contributed by atoms with Crippen LogP contribution in [0.4, 0.5) is 0 Å². The summed E-state index contributed by atoms with van der Waals surface area (Å²) in [6.07, 6.45) is -0.601. The van der Waals surface area contributed by atoms with E-state index in [1.54, 1.807) is 0 Å². The normalized spacial score (nSPS) is 66.3. The topological polar surface area (TPSA) is 82.1 Å². The molecule has 5 rings (SSSR count). The molecule has 1 N–H and O–H groups in total. The lowest BCUT2D eigenvalue weighted by Crippen LogP contribution is -2.72. The Balaban J connectivity index is 1.85. The van der Waals surface area contributed by atoms with E-state index in [9.17, 15) is 14.7 Å². The molecular formula is C15H18O6. The van der Waals surface area contributed by atoms with Crippen LogP contribution in [0.2, 0.25) is 0 Å². The second kappa shape index (κ2) is 2.74. The van der Waals surface area contributed by atoms with Crippen LogP contribution < -0.4 is 0 Å². The van der Waals surface area contributed by atoms with Crippen molar-refractivity contribution in [2.24, 2.45) is 16.2 Å². The molecule has 0 radical (unpaired) electrons. The number of aliphatic hydroxyl groups is 1. The number of cyclic esters (lactones) is 1. The zero-order valence-corrected chi connectivity index (χ0v) is 12.3. The Bertz CT molecular complexity index is 632. The molecule has 7 atom stereocenters. The maximum atomic E-state index is 12.4. The molecule has 3 saturated heterocycles. The van der Waals surface area contributed by atoms with Crippen LogP contribution in [0.1, 0.15) is 33.6 Å². The van der Waals surface area contributed by atoms with Gasteiger partial charge in [-0.3, -0.25) is 9.59 Å². The summed E-state index contributed by atoms with van der Waals surface area (Å²) in [4.78, 5) is 24.5. The molecule has 0 bridgehead atoms. The van der Waals surface area contributed by atoms with Crippen LogP contribution in [-0.2, 0) is 23.8 Å². The number of carbonyl (C=O) groups is 2. The minimum absolute atomic E-state index is 0.208. The molecule has 3 aliphatic heterocycles. The minimum Gasteiger partial charge on any atom is -0.464 e. The van der Waals surface area contributed by atoms with Crippen molar-refractivity contribution in [2.75, 3.05) is 6.61 Å². The highest BCUT2D eigenvalue weighted by atomic mass is 16.6. The first-order valence-corrected chi connectivity index (χ1v) is 7.45. The fourth-order valence-electron chi connectivity index (χ4n) is 6.40. The van der Waals surface area contributed by atoms with Crippen molar-refractivity contribution in [1.82, 2.24) is 0 Å². The first-order chi connectivity index (χ1) is 9.70. The predicted octanol–water partition coefficient (Wildman–Crippen LogP) is 0.164. The van der Waals surface area contributed by atoms with Crippen LogP contribution in [-0.4, -0.2) is 47.1 Å². The molecule has 6 nitrogen and oxygen atoms in total. The molecule has 5 aliphatic rings. The van der Waals surface area contributed by atoms with E-state index in [2.05, 4.69) is 0 Å². The smallest absolute Gasteiger partial charge is 0.315 e. The van der Waals surface area contributed by atoms with E-state index >= 15 is 0 Å². The van der Waals surface area contributed by atoms with E-state index in [0.717, 1.165) is 0 Å². The Morgan fingerprint density at radius 1 is 1.24 bits per heavy atom. The zero-order chi connectivity index (χ0) is 15.1. The van der Waals surface area contributed by atoms with Gasteiger partial charge in [-0.25, -0.2) is 0 Å². The largest absolute Gasteiger partial charge is 0.464 e. The van der Waals surface area contributed by atoms with Gasteiger partial charge in [0.25, 0.3) is 0 Å². The van der Waals surface area contributed by atoms with E-state index in [0.29, 0.717) is 6.42 Å². The number of hydrogen-bond donors (Lipinski definition) is 1. The van der Waals surface area contributed by atoms with Crippen molar-refractivity contribution in [2.45, 2.75) is 57.0 Å². The number of esters is 2. The van der Waals surface area contributed by atoms with Crippen LogP contribution in [0.3, 0.4) is 0 Å². The Morgan fingerprint density at radius 3 is 2.67 bits per heavy atom. The minimum atomic E-state index is -0.866. The summed E-state index contributed by atoms with van der Waals surface area (Å²) in [5.74, 6) is -0.540. The summed E-state index contributed by atoms with van der Waals surface area (Å²) in [7, 11) is 0. The van der Waals surface area contributed by atoms with Gasteiger partial charge in [-0.1, -0.05) is 6.92 Å². The van der Waals surface area contributed by atoms with Crippen molar-refractivity contribution in [3.63, 3.8) is 0 Å². The number of fused-ring (bicyclic) bond motifs is 2. The lowest BCUT2D eigenvalue weighted by Gasteiger charge is -2.59. The van der Waals surface area contributed by atoms with Crippen molar-refractivity contribution in [3.8, 4) is 0 Å². The first-order valence-electron chi connectivity index (χ1n) is 7.45. The van der Waals surface area contributed by atoms with Gasteiger partial charge in [0.1, 0.15) is 23.2 Å². The quantitative estimate of drug-likeness (QED) is 0.641. The van der Waals surface area contributed by atoms with E-state index in [4.69, 9.17) is 14.2 Å². The van der Waals surface area contributed by atoms with Crippen molar-refractivity contribution >= 4 is 11.9 Å². The summed E-state index contributed by atoms with van der Waals surface area (Å²) in [5, 5.41) is 10.5. The average molecular weight is 294 g/mol. The Kier molecular flexibility index (Phi) is 1.62. The van der Waals surface area contributed by atoms with Gasteiger partial charge in [-0.15, -0.1) is 0 Å². The van der Waals surface area contributed by atoms with Gasteiger partial charge in [0.15, 0.2) is 0 Å². The van der Waals surface area contributed by atoms with Gasteiger partial charge in [0, 0.05) is 6.42 Å². The van der Waals surface area contributed by atoms with Crippen LogP contribution in [0.25, 0.3) is 0 Å². The molecule has 1 spiro atoms. The maximum absolute atomic E-state index is 12.4. The second-order valence-electron chi connectivity index (χ2n) is 7.88. The molecule has 0 amide bonds. The fourth-order valence-corrected chi connectivity index (χ4v) is 6.40. The number of aliphatic hydroxyl groups excluding tert-OH is 1. The summed E-state index contributed by atoms with van der Waals surface area (Å²) in [6.45, 7) is 5.86. The molecule has 3 heterocycles. The average Bonchev–Trinajstić information content (AvgIpc) is 2.92. The van der Waals surface area contributed by atoms with Gasteiger partial charge < -0.3 is 19.3 Å². The fraction of sp³-hybridized carbons (Fsp3) is 0.867. The van der Waals surface area contributed by atoms with Gasteiger partial charge >= 0.3 is 11.9 Å². The van der Waals surface area contributed by atoms with E-state index in [-0.39, 0.29) is 25.0 Å². The Morgan fingerprint density at radius 2 is 1.95 bits per heavy atom. The highest BCUT2D eigenvalue weighted by Gasteiger charge is 2.99. The van der Waals surface area contributed by atoms with Crippen LogP contribution in [0.15, 0.2) is 0 Å². The number of rotatable bonds is 0. The highest BCUT2D eigenvalue weighted by molar-refractivity contribution is 5.86. The van der Waals surface area contributed by atoms with Gasteiger partial charge in [0.2, 0.25) is 0 Å². The molecule has 0 aromatic rings. The summed E-state index contributed by atoms with van der Waals surface area (Å²) >= 11 is 0. The predicted molar refractivity (Wildman–Crippen MR) is 66.9 cm³/mol. The lowest BCUT2D eigenvalue weighted by molar-refractivity contribution is -0.334. The summed E-state index contributed by atoms with van der Waals surface area (Å²) < 4.78 is 17.3. The molecule has 114 valence electrons. The van der Waals surface area contributed by atoms with Crippen molar-refractivity contribution in [1.29, 1.82) is 0 Å².